The van der Waals surface area contributed by atoms with Gasteiger partial charge in [-0.1, -0.05) is 12.1 Å². The summed E-state index contributed by atoms with van der Waals surface area (Å²) in [5, 5.41) is 5.25. The Kier molecular flexibility index (Phi) is 3.76. The van der Waals surface area contributed by atoms with Gasteiger partial charge in [0.1, 0.15) is 23.4 Å². The van der Waals surface area contributed by atoms with Crippen LogP contribution >= 0.6 is 15.9 Å². The van der Waals surface area contributed by atoms with Crippen LogP contribution in [-0.2, 0) is 7.05 Å². The van der Waals surface area contributed by atoms with Crippen LogP contribution in [0.1, 0.15) is 0 Å². The third-order valence-corrected chi connectivity index (χ3v) is 4.52. The predicted octanol–water partition coefficient (Wildman–Crippen LogP) is 2.40. The number of likely N-dealkylation sites (N-methyl/N-ethyl adjacent to an activating group) is 1. The van der Waals surface area contributed by atoms with Crippen molar-refractivity contribution in [1.82, 2.24) is 19.7 Å². The van der Waals surface area contributed by atoms with Crippen molar-refractivity contribution in [2.45, 2.75) is 6.10 Å². The lowest BCUT2D eigenvalue weighted by molar-refractivity contribution is 0.0960. The Morgan fingerprint density at radius 2 is 2.08 bits per heavy atom. The molecule has 0 saturated carbocycles. The maximum Gasteiger partial charge on any atom is 0.164 e. The fourth-order valence-electron chi connectivity index (χ4n) is 2.86. The number of hydrogen-bond donors (Lipinski definition) is 0. The smallest absolute Gasteiger partial charge is 0.164 e. The van der Waals surface area contributed by atoms with Gasteiger partial charge in [-0.3, -0.25) is 0 Å². The van der Waals surface area contributed by atoms with Gasteiger partial charge in [0.25, 0.3) is 0 Å². The molecule has 2 aromatic heterocycles. The monoisotopic (exact) mass is 389 g/mol. The van der Waals surface area contributed by atoms with Gasteiger partial charge in [-0.2, -0.15) is 5.10 Å². The number of fused-ring (bicyclic) bond motifs is 2. The first-order chi connectivity index (χ1) is 11.6. The molecule has 4 rings (SSSR count). The first-order valence-electron chi connectivity index (χ1n) is 7.56. The summed E-state index contributed by atoms with van der Waals surface area (Å²) in [6, 6.07) is 7.71. The van der Waals surface area contributed by atoms with Crippen LogP contribution in [0.15, 0.2) is 35.2 Å². The Balaban J connectivity index is 1.58. The average Bonchev–Trinajstić information content (AvgIpc) is 2.89. The summed E-state index contributed by atoms with van der Waals surface area (Å²) in [4.78, 5) is 10.8. The highest BCUT2D eigenvalue weighted by atomic mass is 79.9. The number of ether oxygens (including phenoxy) is 2. The van der Waals surface area contributed by atoms with Crippen LogP contribution in [0.3, 0.4) is 0 Å². The van der Waals surface area contributed by atoms with Crippen molar-refractivity contribution < 1.29 is 9.47 Å². The standard InChI is InChI=1S/C16H16BrN5O2/c1-21(7-10-8-23-11-5-3-4-6-12(11)24-10)15-13-14(17)20-22(2)16(13)19-9-18-15/h3-6,9-10H,7-8H2,1-2H3. The average molecular weight is 390 g/mol. The van der Waals surface area contributed by atoms with E-state index in [4.69, 9.17) is 9.47 Å². The van der Waals surface area contributed by atoms with Crippen LogP contribution < -0.4 is 14.4 Å². The first-order valence-corrected chi connectivity index (χ1v) is 8.35. The number of halogens is 1. The fraction of sp³-hybridized carbons (Fsp3) is 0.312. The van der Waals surface area contributed by atoms with Crippen molar-refractivity contribution in [3.8, 4) is 11.5 Å². The quantitative estimate of drug-likeness (QED) is 0.685. The summed E-state index contributed by atoms with van der Waals surface area (Å²) in [6.07, 6.45) is 1.47. The SMILES string of the molecule is CN(CC1COc2ccccc2O1)c1ncnc2c1c(Br)nn2C. The van der Waals surface area contributed by atoms with Crippen molar-refractivity contribution in [2.24, 2.45) is 7.05 Å². The second-order valence-electron chi connectivity index (χ2n) is 5.69. The van der Waals surface area contributed by atoms with E-state index in [1.54, 1.807) is 11.0 Å². The van der Waals surface area contributed by atoms with Gasteiger partial charge in [-0.25, -0.2) is 14.6 Å². The molecule has 0 N–H and O–H groups in total. The summed E-state index contributed by atoms with van der Waals surface area (Å²) in [5.74, 6) is 2.37. The molecule has 1 unspecified atom stereocenters. The Morgan fingerprint density at radius 1 is 1.29 bits per heavy atom. The van der Waals surface area contributed by atoms with Gasteiger partial charge in [0.15, 0.2) is 23.3 Å². The molecule has 7 nitrogen and oxygen atoms in total. The Morgan fingerprint density at radius 3 is 2.92 bits per heavy atom. The number of nitrogens with zero attached hydrogens (tertiary/aromatic N) is 5. The number of para-hydroxylation sites is 2. The zero-order valence-electron chi connectivity index (χ0n) is 13.3. The van der Waals surface area contributed by atoms with Crippen molar-refractivity contribution in [3.05, 3.63) is 35.2 Å². The van der Waals surface area contributed by atoms with Crippen molar-refractivity contribution in [2.75, 3.05) is 25.1 Å². The first kappa shape index (κ1) is 15.2. The maximum atomic E-state index is 6.03. The number of aromatic nitrogens is 4. The van der Waals surface area contributed by atoms with Crippen molar-refractivity contribution >= 4 is 32.8 Å². The zero-order valence-corrected chi connectivity index (χ0v) is 14.9. The van der Waals surface area contributed by atoms with Gasteiger partial charge >= 0.3 is 0 Å². The van der Waals surface area contributed by atoms with Crippen LogP contribution in [-0.4, -0.2) is 46.1 Å². The molecule has 0 aliphatic carbocycles. The lowest BCUT2D eigenvalue weighted by Crippen LogP contribution is -2.39. The molecular weight excluding hydrogens is 374 g/mol. The summed E-state index contributed by atoms with van der Waals surface area (Å²) < 4.78 is 14.3. The van der Waals surface area contributed by atoms with E-state index in [2.05, 4.69) is 31.0 Å². The molecular formula is C16H16BrN5O2. The minimum Gasteiger partial charge on any atom is -0.486 e. The zero-order chi connectivity index (χ0) is 16.7. The van der Waals surface area contributed by atoms with E-state index in [9.17, 15) is 0 Å². The number of hydrogen-bond acceptors (Lipinski definition) is 6. The molecule has 1 aliphatic heterocycles. The summed E-state index contributed by atoms with van der Waals surface area (Å²) in [7, 11) is 3.84. The van der Waals surface area contributed by atoms with Crippen LogP contribution in [0.4, 0.5) is 5.82 Å². The Bertz CT molecular complexity index is 897. The molecule has 0 amide bonds. The predicted molar refractivity (Wildman–Crippen MR) is 93.6 cm³/mol. The normalized spacial score (nSPS) is 16.4. The van der Waals surface area contributed by atoms with Gasteiger partial charge in [-0.15, -0.1) is 0 Å². The molecule has 0 fully saturated rings. The summed E-state index contributed by atoms with van der Waals surface area (Å²) in [5.41, 5.74) is 0.782. The lowest BCUT2D eigenvalue weighted by atomic mass is 10.2. The van der Waals surface area contributed by atoms with E-state index >= 15 is 0 Å². The second kappa shape index (κ2) is 5.94. The number of rotatable bonds is 3. The second-order valence-corrected chi connectivity index (χ2v) is 6.44. The topological polar surface area (TPSA) is 65.3 Å². The van der Waals surface area contributed by atoms with E-state index in [0.29, 0.717) is 13.2 Å². The van der Waals surface area contributed by atoms with Gasteiger partial charge < -0.3 is 14.4 Å². The van der Waals surface area contributed by atoms with Crippen LogP contribution in [0.2, 0.25) is 0 Å². The van der Waals surface area contributed by atoms with Crippen molar-refractivity contribution in [3.63, 3.8) is 0 Å². The molecule has 0 bridgehead atoms. The molecule has 24 heavy (non-hydrogen) atoms. The molecule has 3 aromatic rings. The largest absolute Gasteiger partial charge is 0.486 e. The highest BCUT2D eigenvalue weighted by Crippen LogP contribution is 2.32. The van der Waals surface area contributed by atoms with E-state index in [1.807, 2.05) is 43.3 Å². The highest BCUT2D eigenvalue weighted by Gasteiger charge is 2.24. The minimum atomic E-state index is -0.0784. The minimum absolute atomic E-state index is 0.0784. The molecule has 1 atom stereocenters. The molecule has 1 aromatic carbocycles. The van der Waals surface area contributed by atoms with E-state index in [0.717, 1.165) is 33.0 Å². The van der Waals surface area contributed by atoms with Crippen LogP contribution in [0.25, 0.3) is 11.0 Å². The fourth-order valence-corrected chi connectivity index (χ4v) is 3.45. The number of anilines is 1. The third-order valence-electron chi connectivity index (χ3n) is 3.96. The lowest BCUT2D eigenvalue weighted by Gasteiger charge is -2.30. The van der Waals surface area contributed by atoms with Crippen LogP contribution in [0.5, 0.6) is 11.5 Å². The van der Waals surface area contributed by atoms with Crippen LogP contribution in [0, 0.1) is 0 Å². The van der Waals surface area contributed by atoms with E-state index in [1.165, 1.54) is 0 Å². The molecule has 8 heteroatoms. The molecule has 1 aliphatic rings. The highest BCUT2D eigenvalue weighted by molar-refractivity contribution is 9.10. The van der Waals surface area contributed by atoms with Gasteiger partial charge in [0.05, 0.1) is 11.9 Å². The summed E-state index contributed by atoms with van der Waals surface area (Å²) >= 11 is 3.49. The molecule has 3 heterocycles. The van der Waals surface area contributed by atoms with E-state index in [-0.39, 0.29) is 6.10 Å². The number of benzene rings is 1. The van der Waals surface area contributed by atoms with Gasteiger partial charge in [-0.05, 0) is 28.1 Å². The molecule has 0 radical (unpaired) electrons. The number of aryl methyl sites for hydroxylation is 1. The van der Waals surface area contributed by atoms with E-state index < -0.39 is 0 Å². The summed E-state index contributed by atoms with van der Waals surface area (Å²) in [6.45, 7) is 1.14. The Hall–Kier alpha value is -2.35. The maximum absolute atomic E-state index is 6.03. The molecule has 124 valence electrons. The Labute approximate surface area is 147 Å². The van der Waals surface area contributed by atoms with Gasteiger partial charge in [0, 0.05) is 14.1 Å². The van der Waals surface area contributed by atoms with Gasteiger partial charge in [0.2, 0.25) is 0 Å². The molecule has 0 saturated heterocycles. The van der Waals surface area contributed by atoms with Crippen molar-refractivity contribution in [1.29, 1.82) is 0 Å². The third kappa shape index (κ3) is 2.56. The molecule has 0 spiro atoms.